The van der Waals surface area contributed by atoms with Crippen molar-refractivity contribution in [3.05, 3.63) is 12.0 Å². The second-order valence-corrected chi connectivity index (χ2v) is 6.90. The maximum atomic E-state index is 12.5. The molecule has 0 aromatic carbocycles. The molecule has 1 atom stereocenters. The van der Waals surface area contributed by atoms with E-state index in [1.165, 1.54) is 13.1 Å². The molecule has 0 fully saturated rings. The Morgan fingerprint density at radius 3 is 2.57 bits per heavy atom. The molecule has 120 valence electrons. The van der Waals surface area contributed by atoms with Crippen LogP contribution in [0.3, 0.4) is 0 Å². The molecule has 0 spiro atoms. The van der Waals surface area contributed by atoms with Crippen molar-refractivity contribution in [2.24, 2.45) is 5.92 Å². The van der Waals surface area contributed by atoms with Gasteiger partial charge in [-0.1, -0.05) is 20.8 Å². The quantitative estimate of drug-likeness (QED) is 0.781. The zero-order valence-corrected chi connectivity index (χ0v) is 13.7. The van der Waals surface area contributed by atoms with Gasteiger partial charge in [-0.25, -0.2) is 13.4 Å². The number of imidazole rings is 1. The number of hydrogen-bond acceptors (Lipinski definition) is 4. The highest BCUT2D eigenvalue weighted by Crippen LogP contribution is 2.17. The molecule has 21 heavy (non-hydrogen) atoms. The Morgan fingerprint density at radius 1 is 1.48 bits per heavy atom. The minimum absolute atomic E-state index is 0.0205. The van der Waals surface area contributed by atoms with Crippen molar-refractivity contribution >= 4 is 16.0 Å². The minimum atomic E-state index is -3.76. The topological polar surface area (TPSA) is 92.5 Å². The molecular weight excluding hydrogens is 294 g/mol. The molecule has 1 aromatic rings. The zero-order chi connectivity index (χ0) is 16.2. The lowest BCUT2D eigenvalue weighted by molar-refractivity contribution is -0.141. The molecule has 0 aliphatic rings. The number of carboxylic acids is 1. The average molecular weight is 317 g/mol. The second kappa shape index (κ2) is 7.04. The summed E-state index contributed by atoms with van der Waals surface area (Å²) in [6.07, 6.45) is 2.40. The third-order valence-electron chi connectivity index (χ3n) is 3.27. The van der Waals surface area contributed by atoms with Gasteiger partial charge in [-0.15, -0.1) is 0 Å². The normalized spacial score (nSPS) is 13.6. The zero-order valence-electron chi connectivity index (χ0n) is 12.9. The third kappa shape index (κ3) is 4.04. The van der Waals surface area contributed by atoms with Crippen molar-refractivity contribution in [2.75, 3.05) is 13.1 Å². The SMILES string of the molecule is CCCn1cc(S(=O)(=O)N(CC)CC(C)C(=O)O)nc1C. The van der Waals surface area contributed by atoms with E-state index in [0.717, 1.165) is 10.7 Å². The van der Waals surface area contributed by atoms with Crippen LogP contribution in [0.1, 0.15) is 33.0 Å². The fraction of sp³-hybridized carbons (Fsp3) is 0.692. The number of nitrogens with zero attached hydrogens (tertiary/aromatic N) is 3. The molecule has 1 N–H and O–H groups in total. The first kappa shape index (κ1) is 17.6. The highest BCUT2D eigenvalue weighted by Gasteiger charge is 2.29. The van der Waals surface area contributed by atoms with Gasteiger partial charge in [0, 0.05) is 25.8 Å². The van der Waals surface area contributed by atoms with Gasteiger partial charge in [0.1, 0.15) is 5.82 Å². The molecule has 1 rings (SSSR count). The summed E-state index contributed by atoms with van der Waals surface area (Å²) in [5, 5.41) is 8.92. The number of aromatic nitrogens is 2. The van der Waals surface area contributed by atoms with Crippen molar-refractivity contribution < 1.29 is 18.3 Å². The molecule has 7 nitrogen and oxygen atoms in total. The molecule has 0 saturated heterocycles. The van der Waals surface area contributed by atoms with E-state index in [1.54, 1.807) is 18.4 Å². The lowest BCUT2D eigenvalue weighted by Crippen LogP contribution is -2.36. The van der Waals surface area contributed by atoms with Crippen molar-refractivity contribution in [2.45, 2.75) is 45.7 Å². The van der Waals surface area contributed by atoms with Crippen LogP contribution in [0.15, 0.2) is 11.2 Å². The number of rotatable bonds is 8. The summed E-state index contributed by atoms with van der Waals surface area (Å²) in [6, 6.07) is 0. The molecule has 1 heterocycles. The third-order valence-corrected chi connectivity index (χ3v) is 5.09. The Hall–Kier alpha value is -1.41. The highest BCUT2D eigenvalue weighted by molar-refractivity contribution is 7.89. The lowest BCUT2D eigenvalue weighted by Gasteiger charge is -2.21. The van der Waals surface area contributed by atoms with Crippen LogP contribution in [0.4, 0.5) is 0 Å². The molecule has 1 unspecified atom stereocenters. The molecule has 1 aromatic heterocycles. The maximum absolute atomic E-state index is 12.5. The average Bonchev–Trinajstić information content (AvgIpc) is 2.78. The van der Waals surface area contributed by atoms with Crippen molar-refractivity contribution in [3.63, 3.8) is 0 Å². The van der Waals surface area contributed by atoms with E-state index < -0.39 is 21.9 Å². The Morgan fingerprint density at radius 2 is 2.10 bits per heavy atom. The first-order valence-electron chi connectivity index (χ1n) is 7.00. The maximum Gasteiger partial charge on any atom is 0.307 e. The fourth-order valence-corrected chi connectivity index (χ4v) is 3.52. The molecule has 0 saturated carbocycles. The molecule has 0 aliphatic heterocycles. The van der Waals surface area contributed by atoms with Crippen LogP contribution in [0.5, 0.6) is 0 Å². The van der Waals surface area contributed by atoms with Gasteiger partial charge >= 0.3 is 5.97 Å². The molecule has 0 amide bonds. The summed E-state index contributed by atoms with van der Waals surface area (Å²) in [6.45, 7) is 7.77. The lowest BCUT2D eigenvalue weighted by atomic mass is 10.2. The Kier molecular flexibility index (Phi) is 5.91. The van der Waals surface area contributed by atoms with Crippen LogP contribution >= 0.6 is 0 Å². The number of carbonyl (C=O) groups is 1. The summed E-state index contributed by atoms with van der Waals surface area (Å²) in [5.41, 5.74) is 0. The van der Waals surface area contributed by atoms with Crippen LogP contribution in [0, 0.1) is 12.8 Å². The van der Waals surface area contributed by atoms with Gasteiger partial charge in [0.05, 0.1) is 5.92 Å². The van der Waals surface area contributed by atoms with Crippen molar-refractivity contribution in [1.29, 1.82) is 0 Å². The van der Waals surface area contributed by atoms with Gasteiger partial charge in [0.2, 0.25) is 0 Å². The van der Waals surface area contributed by atoms with Gasteiger partial charge in [0.15, 0.2) is 5.03 Å². The monoisotopic (exact) mass is 317 g/mol. The van der Waals surface area contributed by atoms with E-state index in [1.807, 2.05) is 6.92 Å². The first-order chi connectivity index (χ1) is 9.73. The summed E-state index contributed by atoms with van der Waals surface area (Å²) in [4.78, 5) is 15.0. The van der Waals surface area contributed by atoms with Gasteiger partial charge in [-0.05, 0) is 13.3 Å². The molecule has 0 bridgehead atoms. The van der Waals surface area contributed by atoms with Crippen LogP contribution < -0.4 is 0 Å². The van der Waals surface area contributed by atoms with E-state index in [2.05, 4.69) is 4.98 Å². The van der Waals surface area contributed by atoms with E-state index >= 15 is 0 Å². The van der Waals surface area contributed by atoms with E-state index in [0.29, 0.717) is 12.4 Å². The fourth-order valence-electron chi connectivity index (χ4n) is 1.98. The number of aliphatic carboxylic acids is 1. The summed E-state index contributed by atoms with van der Waals surface area (Å²) >= 11 is 0. The van der Waals surface area contributed by atoms with Gasteiger partial charge in [-0.3, -0.25) is 4.79 Å². The van der Waals surface area contributed by atoms with E-state index in [9.17, 15) is 13.2 Å². The second-order valence-electron chi connectivity index (χ2n) is 5.01. The Balaban J connectivity index is 3.07. The van der Waals surface area contributed by atoms with E-state index in [-0.39, 0.29) is 18.1 Å². The van der Waals surface area contributed by atoms with E-state index in [4.69, 9.17) is 5.11 Å². The highest BCUT2D eigenvalue weighted by atomic mass is 32.2. The number of aryl methyl sites for hydroxylation is 2. The van der Waals surface area contributed by atoms with Gasteiger partial charge in [-0.2, -0.15) is 4.31 Å². The van der Waals surface area contributed by atoms with Crippen LogP contribution in [-0.2, 0) is 21.4 Å². The number of sulfonamides is 1. The molecule has 0 radical (unpaired) electrons. The van der Waals surface area contributed by atoms with Gasteiger partial charge in [0.25, 0.3) is 10.0 Å². The minimum Gasteiger partial charge on any atom is -0.481 e. The molecule has 8 heteroatoms. The van der Waals surface area contributed by atoms with Crippen molar-refractivity contribution in [1.82, 2.24) is 13.9 Å². The predicted octanol–water partition coefficient (Wildman–Crippen LogP) is 1.33. The summed E-state index contributed by atoms with van der Waals surface area (Å²) in [7, 11) is -3.76. The summed E-state index contributed by atoms with van der Waals surface area (Å²) in [5.74, 6) is -1.15. The predicted molar refractivity (Wildman–Crippen MR) is 78.5 cm³/mol. The van der Waals surface area contributed by atoms with Gasteiger partial charge < -0.3 is 9.67 Å². The number of carboxylic acid groups (broad SMARTS) is 1. The van der Waals surface area contributed by atoms with Crippen LogP contribution in [0.25, 0.3) is 0 Å². The standard InChI is InChI=1S/C13H23N3O4S/c1-5-7-15-9-12(14-11(15)4)21(19,20)16(6-2)8-10(3)13(17)18/h9-10H,5-8H2,1-4H3,(H,17,18). The molecular formula is C13H23N3O4S. The van der Waals surface area contributed by atoms with Crippen LogP contribution in [-0.4, -0.2) is 46.4 Å². The largest absolute Gasteiger partial charge is 0.481 e. The Bertz CT molecular complexity index is 595. The van der Waals surface area contributed by atoms with Crippen LogP contribution in [0.2, 0.25) is 0 Å². The molecule has 0 aliphatic carbocycles. The summed E-state index contributed by atoms with van der Waals surface area (Å²) < 4.78 is 28.0. The number of hydrogen-bond donors (Lipinski definition) is 1. The first-order valence-corrected chi connectivity index (χ1v) is 8.44. The Labute approximate surface area is 125 Å². The van der Waals surface area contributed by atoms with Crippen molar-refractivity contribution in [3.8, 4) is 0 Å². The smallest absolute Gasteiger partial charge is 0.307 e.